The molecule has 26 nitrogen and oxygen atoms in total. The van der Waals surface area contributed by atoms with Crippen LogP contribution in [0.4, 0.5) is 11.9 Å². The number of aromatic amines is 2. The van der Waals surface area contributed by atoms with Crippen LogP contribution >= 0.6 is 22.8 Å². The number of imidazole rings is 2. The van der Waals surface area contributed by atoms with Crippen LogP contribution in [0.2, 0.25) is 0 Å². The molecular formula is C26H40N10O16P3+. The van der Waals surface area contributed by atoms with Gasteiger partial charge in [0.15, 0.2) is 29.6 Å². The second-order valence-electron chi connectivity index (χ2n) is 13.8. The van der Waals surface area contributed by atoms with Crippen molar-refractivity contribution in [2.24, 2.45) is 7.05 Å². The molecule has 0 bridgehead atoms. The highest BCUT2D eigenvalue weighted by atomic mass is 31.3. The summed E-state index contributed by atoms with van der Waals surface area (Å²) in [6.07, 6.45) is -9.98. The van der Waals surface area contributed by atoms with Crippen molar-refractivity contribution in [2.75, 3.05) is 24.0 Å². The van der Waals surface area contributed by atoms with Crippen molar-refractivity contribution in [3.63, 3.8) is 0 Å². The lowest BCUT2D eigenvalue weighted by molar-refractivity contribution is -0.745. The average molecular weight is 842 g/mol. The van der Waals surface area contributed by atoms with Gasteiger partial charge >= 0.3 is 28.4 Å². The molecule has 11 atom stereocenters. The van der Waals surface area contributed by atoms with E-state index in [2.05, 4.69) is 24.9 Å². The first kappa shape index (κ1) is 41.2. The molecule has 13 N–H and O–H groups in total. The number of fused-ring (bicyclic) bond motifs is 2. The SMILES string of the molecule is Cn1c[n+]([C@@H]2O[C@H](CCC(C)(C)P(=O)(O)OP(=O)(O)CP(=O)(O)OC[C@H]3O[C@@H](n4cnc5c(=O)[nH]c(N)nc54)C(O)[C@H]3O)C(O)C2O)c2nc(N)[nH]c(=O)c21. The molecule has 0 aliphatic carbocycles. The van der Waals surface area contributed by atoms with Gasteiger partial charge < -0.3 is 60.6 Å². The van der Waals surface area contributed by atoms with Gasteiger partial charge in [-0.3, -0.25) is 42.4 Å². The Balaban J connectivity index is 1.06. The highest BCUT2D eigenvalue weighted by molar-refractivity contribution is 7.75. The van der Waals surface area contributed by atoms with Crippen molar-refractivity contribution in [1.82, 2.24) is 34.1 Å². The van der Waals surface area contributed by atoms with E-state index in [1.54, 1.807) is 0 Å². The van der Waals surface area contributed by atoms with Gasteiger partial charge in [0.05, 0.1) is 31.2 Å². The molecular weight excluding hydrogens is 801 g/mol. The predicted molar refractivity (Wildman–Crippen MR) is 185 cm³/mol. The summed E-state index contributed by atoms with van der Waals surface area (Å²) in [7, 11) is -14.2. The summed E-state index contributed by atoms with van der Waals surface area (Å²) in [5.41, 5.74) is 9.84. The summed E-state index contributed by atoms with van der Waals surface area (Å²) in [5, 5.41) is 40.9. The molecule has 304 valence electrons. The smallest absolute Gasteiger partial charge is 0.347 e. The van der Waals surface area contributed by atoms with Gasteiger partial charge in [-0.25, -0.2) is 13.9 Å². The topological polar surface area (TPSA) is 400 Å². The second-order valence-corrected chi connectivity index (χ2v) is 20.6. The Morgan fingerprint density at radius 1 is 0.927 bits per heavy atom. The minimum Gasteiger partial charge on any atom is -0.387 e. The van der Waals surface area contributed by atoms with Gasteiger partial charge in [0.25, 0.3) is 17.1 Å². The Hall–Kier alpha value is -3.45. The van der Waals surface area contributed by atoms with Crippen LogP contribution in [0.3, 0.4) is 0 Å². The molecule has 2 fully saturated rings. The Bertz CT molecular complexity index is 2380. The zero-order valence-electron chi connectivity index (χ0n) is 29.1. The number of aromatic nitrogens is 8. The monoisotopic (exact) mass is 841 g/mol. The third-order valence-corrected chi connectivity index (χ3v) is 16.4. The predicted octanol–water partition coefficient (Wildman–Crippen LogP) is -2.81. The van der Waals surface area contributed by atoms with Gasteiger partial charge in [-0.1, -0.05) is 4.98 Å². The van der Waals surface area contributed by atoms with Crippen molar-refractivity contribution >= 4 is 57.0 Å². The third-order valence-electron chi connectivity index (χ3n) is 9.30. The molecule has 6 heterocycles. The zero-order chi connectivity index (χ0) is 40.6. The fourth-order valence-corrected chi connectivity index (χ4v) is 12.1. The number of nitrogens with one attached hydrogen (secondary N) is 2. The fourth-order valence-electron chi connectivity index (χ4n) is 6.28. The number of aliphatic hydroxyl groups is 4. The first-order chi connectivity index (χ1) is 25.4. The number of aliphatic hydroxyl groups excluding tert-OH is 4. The maximum atomic E-state index is 13.4. The number of nitrogens with two attached hydrogens (primary N) is 2. The molecule has 4 aromatic heterocycles. The fraction of sp³-hybridized carbons (Fsp3) is 0.615. The van der Waals surface area contributed by atoms with Gasteiger partial charge in [-0.15, -0.1) is 0 Å². The highest BCUT2D eigenvalue weighted by Gasteiger charge is 2.52. The van der Waals surface area contributed by atoms with Crippen LogP contribution in [0.1, 0.15) is 39.1 Å². The van der Waals surface area contributed by atoms with Crippen LogP contribution < -0.4 is 27.2 Å². The van der Waals surface area contributed by atoms with E-state index < -0.39 is 101 Å². The summed E-state index contributed by atoms with van der Waals surface area (Å²) in [6, 6.07) is 0. The number of H-pyrrole nitrogens is 2. The Labute approximate surface area is 307 Å². The number of nitrogens with zero attached hydrogens (tertiary/aromatic N) is 6. The van der Waals surface area contributed by atoms with E-state index in [-0.39, 0.29) is 47.1 Å². The summed E-state index contributed by atoms with van der Waals surface area (Å²) < 4.78 is 64.0. The molecule has 55 heavy (non-hydrogen) atoms. The number of anilines is 2. The van der Waals surface area contributed by atoms with Crippen molar-refractivity contribution in [2.45, 2.75) is 80.9 Å². The average Bonchev–Trinajstić information content (AvgIpc) is 3.77. The molecule has 2 aliphatic heterocycles. The second kappa shape index (κ2) is 14.5. The van der Waals surface area contributed by atoms with Crippen LogP contribution in [0, 0.1) is 0 Å². The molecule has 6 rings (SSSR count). The summed E-state index contributed by atoms with van der Waals surface area (Å²) >= 11 is 0. The largest absolute Gasteiger partial charge is 0.387 e. The Morgan fingerprint density at radius 3 is 2.25 bits per heavy atom. The van der Waals surface area contributed by atoms with Gasteiger partial charge in [-0.2, -0.15) is 4.98 Å². The Kier molecular flexibility index (Phi) is 10.9. The number of hydrogen-bond acceptors (Lipinski definition) is 18. The van der Waals surface area contributed by atoms with Gasteiger partial charge in [0.1, 0.15) is 30.5 Å². The Morgan fingerprint density at radius 2 is 1.56 bits per heavy atom. The van der Waals surface area contributed by atoms with E-state index in [4.69, 9.17) is 29.8 Å². The maximum Gasteiger partial charge on any atom is 0.347 e. The highest BCUT2D eigenvalue weighted by Crippen LogP contribution is 2.70. The first-order valence-electron chi connectivity index (χ1n) is 16.3. The minimum absolute atomic E-state index is 0.0393. The summed E-state index contributed by atoms with van der Waals surface area (Å²) in [6.45, 7) is 1.46. The molecule has 2 aliphatic rings. The first-order valence-corrected chi connectivity index (χ1v) is 21.4. The quantitative estimate of drug-likeness (QED) is 0.0478. The molecule has 0 saturated carbocycles. The summed E-state index contributed by atoms with van der Waals surface area (Å²) in [4.78, 5) is 72.7. The van der Waals surface area contributed by atoms with Gasteiger partial charge in [0.2, 0.25) is 17.7 Å². The van der Waals surface area contributed by atoms with Crippen LogP contribution in [0.15, 0.2) is 22.2 Å². The zero-order valence-corrected chi connectivity index (χ0v) is 31.8. The van der Waals surface area contributed by atoms with E-state index in [1.807, 2.05) is 0 Å². The van der Waals surface area contributed by atoms with Gasteiger partial charge in [-0.05, 0) is 26.7 Å². The van der Waals surface area contributed by atoms with Crippen LogP contribution in [0.25, 0.3) is 22.3 Å². The molecule has 0 amide bonds. The third kappa shape index (κ3) is 7.93. The van der Waals surface area contributed by atoms with Crippen molar-refractivity contribution in [1.29, 1.82) is 0 Å². The molecule has 6 unspecified atom stereocenters. The minimum atomic E-state index is -5.40. The summed E-state index contributed by atoms with van der Waals surface area (Å²) in [5.74, 6) is -2.17. The lowest BCUT2D eigenvalue weighted by atomic mass is 10.00. The van der Waals surface area contributed by atoms with E-state index >= 15 is 0 Å². The van der Waals surface area contributed by atoms with Crippen LogP contribution in [-0.4, -0.2) is 123 Å². The van der Waals surface area contributed by atoms with Crippen LogP contribution in [-0.2, 0) is 39.1 Å². The number of hydrogen-bond donors (Lipinski definition) is 11. The number of aryl methyl sites for hydroxylation is 1. The maximum absolute atomic E-state index is 13.4. The lowest BCUT2D eigenvalue weighted by Crippen LogP contribution is -2.46. The lowest BCUT2D eigenvalue weighted by Gasteiger charge is -2.31. The van der Waals surface area contributed by atoms with Crippen LogP contribution in [0.5, 0.6) is 0 Å². The molecule has 29 heteroatoms. The molecule has 0 aromatic carbocycles. The van der Waals surface area contributed by atoms with E-state index in [0.717, 1.165) is 10.9 Å². The molecule has 0 spiro atoms. The van der Waals surface area contributed by atoms with Gasteiger partial charge in [0, 0.05) is 0 Å². The van der Waals surface area contributed by atoms with Crippen molar-refractivity contribution < 1.29 is 71.7 Å². The molecule has 0 radical (unpaired) electrons. The normalized spacial score (nSPS) is 29.4. The molecule has 2 saturated heterocycles. The van der Waals surface area contributed by atoms with Crippen molar-refractivity contribution in [3.8, 4) is 0 Å². The molecule has 4 aromatic rings. The van der Waals surface area contributed by atoms with E-state index in [9.17, 15) is 58.4 Å². The van der Waals surface area contributed by atoms with Crippen molar-refractivity contribution in [3.05, 3.63) is 33.4 Å². The van der Waals surface area contributed by atoms with E-state index in [1.165, 1.54) is 36.4 Å². The number of rotatable bonds is 13. The number of ether oxygens (including phenoxy) is 2. The standard InChI is InChI=1S/C26H39N10O16P3/c1-26(2,5-4-10-14(37)16(39)23(50-10)36-8-34(3)13-19(36)31-25(28)33-21(13)42)55(47,48)52-54(45,46)9-53(43,44)49-6-11-15(38)17(40)22(51-11)35-7-29-12-18(35)30-24(27)32-20(12)41/h7-8,10-11,14-17,22-23,37-40H,4-6,9H2,1-3H3,(H8-,27,28,30,31,32,33,41,42,43,44,45,46,47,48)/p+1/t10-,11-,14?,15+,16?,17?,22-,23-/m1/s1. The van der Waals surface area contributed by atoms with E-state index in [0.29, 0.717) is 0 Å². The number of nitrogen functional groups attached to an aromatic ring is 2.